The summed E-state index contributed by atoms with van der Waals surface area (Å²) in [4.78, 5) is 11.3. The number of aromatic nitrogens is 2. The van der Waals surface area contributed by atoms with Crippen molar-refractivity contribution in [2.75, 3.05) is 18.2 Å². The van der Waals surface area contributed by atoms with E-state index < -0.39 is 5.97 Å². The Labute approximate surface area is 117 Å². The van der Waals surface area contributed by atoms with Crippen LogP contribution in [0, 0.1) is 0 Å². The Hall–Kier alpha value is -1.30. The molecule has 1 aliphatic carbocycles. The van der Waals surface area contributed by atoms with Crippen molar-refractivity contribution in [3.05, 3.63) is 17.8 Å². The highest BCUT2D eigenvalue weighted by atomic mass is 32.2. The summed E-state index contributed by atoms with van der Waals surface area (Å²) in [7, 11) is 1.33. The maximum Gasteiger partial charge on any atom is 0.358 e. The molecule has 0 aliphatic heterocycles. The molecular formula is C13H19N3O2S. The summed E-state index contributed by atoms with van der Waals surface area (Å²) >= 11 is 1.99. The van der Waals surface area contributed by atoms with Gasteiger partial charge in [-0.25, -0.2) is 4.79 Å². The number of anilines is 1. The first-order valence-electron chi connectivity index (χ1n) is 6.54. The van der Waals surface area contributed by atoms with E-state index in [9.17, 15) is 4.79 Å². The summed E-state index contributed by atoms with van der Waals surface area (Å²) in [5.74, 6) is 1.40. The summed E-state index contributed by atoms with van der Waals surface area (Å²) in [5, 5.41) is 12.0. The molecule has 0 bridgehead atoms. The highest BCUT2D eigenvalue weighted by Crippen LogP contribution is 2.31. The van der Waals surface area contributed by atoms with Crippen molar-refractivity contribution in [2.24, 2.45) is 0 Å². The van der Waals surface area contributed by atoms with Gasteiger partial charge in [-0.05, 0) is 30.7 Å². The van der Waals surface area contributed by atoms with Gasteiger partial charge in [0.15, 0.2) is 5.69 Å². The average Bonchev–Trinajstić information content (AvgIpc) is 2.86. The number of rotatable bonds is 5. The maximum atomic E-state index is 11.3. The van der Waals surface area contributed by atoms with Gasteiger partial charge in [-0.15, -0.1) is 10.2 Å². The first kappa shape index (κ1) is 14.1. The van der Waals surface area contributed by atoms with E-state index >= 15 is 0 Å². The van der Waals surface area contributed by atoms with E-state index in [2.05, 4.69) is 27.2 Å². The van der Waals surface area contributed by atoms with Crippen molar-refractivity contribution in [1.29, 1.82) is 0 Å². The van der Waals surface area contributed by atoms with E-state index in [1.807, 2.05) is 11.8 Å². The molecule has 2 rings (SSSR count). The molecule has 0 spiro atoms. The number of carbonyl (C=O) groups excluding carboxylic acids is 1. The van der Waals surface area contributed by atoms with Crippen molar-refractivity contribution in [1.82, 2.24) is 10.2 Å². The lowest BCUT2D eigenvalue weighted by Gasteiger charge is -2.20. The van der Waals surface area contributed by atoms with Crippen LogP contribution in [0.15, 0.2) is 12.1 Å². The molecule has 1 N–H and O–H groups in total. The van der Waals surface area contributed by atoms with Gasteiger partial charge in [0.1, 0.15) is 5.82 Å². The first-order chi connectivity index (χ1) is 9.24. The van der Waals surface area contributed by atoms with Crippen LogP contribution in [0.25, 0.3) is 0 Å². The third kappa shape index (κ3) is 3.59. The van der Waals surface area contributed by atoms with Crippen molar-refractivity contribution in [2.45, 2.75) is 37.5 Å². The number of hydrogen-bond donors (Lipinski definition) is 1. The second kappa shape index (κ2) is 6.75. The Bertz CT molecular complexity index is 424. The minimum absolute atomic E-state index is 0.235. The SMILES string of the molecule is CCSC1CCCC1Nc1ccc(C(=O)OC)nn1. The number of hydrogen-bond acceptors (Lipinski definition) is 6. The van der Waals surface area contributed by atoms with E-state index in [1.54, 1.807) is 12.1 Å². The third-order valence-electron chi connectivity index (χ3n) is 3.23. The molecule has 1 fully saturated rings. The van der Waals surface area contributed by atoms with Crippen molar-refractivity contribution < 1.29 is 9.53 Å². The van der Waals surface area contributed by atoms with E-state index in [4.69, 9.17) is 0 Å². The van der Waals surface area contributed by atoms with Crippen LogP contribution >= 0.6 is 11.8 Å². The van der Waals surface area contributed by atoms with Gasteiger partial charge >= 0.3 is 5.97 Å². The Balaban J connectivity index is 1.97. The van der Waals surface area contributed by atoms with Gasteiger partial charge in [0.25, 0.3) is 0 Å². The first-order valence-corrected chi connectivity index (χ1v) is 7.59. The summed E-state index contributed by atoms with van der Waals surface area (Å²) < 4.78 is 4.59. The molecule has 1 saturated carbocycles. The van der Waals surface area contributed by atoms with Crippen LogP contribution in [0.1, 0.15) is 36.7 Å². The van der Waals surface area contributed by atoms with Crippen LogP contribution in [0.3, 0.4) is 0 Å². The quantitative estimate of drug-likeness (QED) is 0.836. The van der Waals surface area contributed by atoms with E-state index in [0.29, 0.717) is 11.3 Å². The van der Waals surface area contributed by atoms with E-state index in [-0.39, 0.29) is 5.69 Å². The average molecular weight is 281 g/mol. The highest BCUT2D eigenvalue weighted by molar-refractivity contribution is 7.99. The summed E-state index contributed by atoms with van der Waals surface area (Å²) in [6.45, 7) is 2.19. The Kier molecular flexibility index (Phi) is 5.01. The maximum absolute atomic E-state index is 11.3. The normalized spacial score (nSPS) is 22.2. The van der Waals surface area contributed by atoms with Crippen molar-refractivity contribution in [3.8, 4) is 0 Å². The highest BCUT2D eigenvalue weighted by Gasteiger charge is 2.27. The minimum atomic E-state index is -0.459. The molecule has 1 aromatic heterocycles. The zero-order valence-electron chi connectivity index (χ0n) is 11.3. The molecule has 6 heteroatoms. The summed E-state index contributed by atoms with van der Waals surface area (Å²) in [6.07, 6.45) is 3.67. The van der Waals surface area contributed by atoms with Crippen LogP contribution < -0.4 is 5.32 Å². The summed E-state index contributed by atoms with van der Waals surface area (Å²) in [6, 6.07) is 3.87. The molecule has 0 radical (unpaired) electrons. The third-order valence-corrected chi connectivity index (χ3v) is 4.55. The predicted molar refractivity (Wildman–Crippen MR) is 76.6 cm³/mol. The van der Waals surface area contributed by atoms with Crippen LogP contribution in [0.5, 0.6) is 0 Å². The Morgan fingerprint density at radius 2 is 2.32 bits per heavy atom. The lowest BCUT2D eigenvalue weighted by Crippen LogP contribution is -2.26. The molecule has 2 unspecified atom stereocenters. The molecule has 2 atom stereocenters. The van der Waals surface area contributed by atoms with Crippen LogP contribution in [0.4, 0.5) is 5.82 Å². The second-order valence-corrected chi connectivity index (χ2v) is 5.99. The molecule has 104 valence electrons. The number of thioether (sulfide) groups is 1. The fourth-order valence-corrected chi connectivity index (χ4v) is 3.52. The summed E-state index contributed by atoms with van der Waals surface area (Å²) in [5.41, 5.74) is 0.235. The fourth-order valence-electron chi connectivity index (χ4n) is 2.32. The van der Waals surface area contributed by atoms with Gasteiger partial charge in [0.2, 0.25) is 0 Å². The topological polar surface area (TPSA) is 64.1 Å². The van der Waals surface area contributed by atoms with Gasteiger partial charge in [-0.3, -0.25) is 0 Å². The monoisotopic (exact) mass is 281 g/mol. The largest absolute Gasteiger partial charge is 0.464 e. The van der Waals surface area contributed by atoms with Crippen molar-refractivity contribution in [3.63, 3.8) is 0 Å². The van der Waals surface area contributed by atoms with Crippen LogP contribution in [-0.4, -0.2) is 40.3 Å². The zero-order chi connectivity index (χ0) is 13.7. The van der Waals surface area contributed by atoms with Crippen LogP contribution in [0.2, 0.25) is 0 Å². The minimum Gasteiger partial charge on any atom is -0.464 e. The van der Waals surface area contributed by atoms with Crippen LogP contribution in [-0.2, 0) is 4.74 Å². The standard InChI is InChI=1S/C13H19N3O2S/c1-3-19-11-6-4-5-9(11)14-12-8-7-10(15-16-12)13(17)18-2/h7-9,11H,3-6H2,1-2H3,(H,14,16). The van der Waals surface area contributed by atoms with E-state index in [1.165, 1.54) is 20.0 Å². The van der Waals surface area contributed by atoms with E-state index in [0.717, 1.165) is 18.0 Å². The smallest absolute Gasteiger partial charge is 0.358 e. The van der Waals surface area contributed by atoms with Gasteiger partial charge in [-0.2, -0.15) is 11.8 Å². The molecular weight excluding hydrogens is 262 g/mol. The lowest BCUT2D eigenvalue weighted by atomic mass is 10.2. The molecule has 0 aromatic carbocycles. The van der Waals surface area contributed by atoms with Crippen molar-refractivity contribution >= 4 is 23.5 Å². The number of nitrogens with one attached hydrogen (secondary N) is 1. The van der Waals surface area contributed by atoms with Gasteiger partial charge in [0.05, 0.1) is 7.11 Å². The second-order valence-electron chi connectivity index (χ2n) is 4.47. The molecule has 1 aliphatic rings. The number of esters is 1. The molecule has 0 saturated heterocycles. The predicted octanol–water partition coefficient (Wildman–Crippen LogP) is 2.35. The number of methoxy groups -OCH3 is 1. The molecule has 1 aromatic rings. The molecule has 1 heterocycles. The Morgan fingerprint density at radius 3 is 2.95 bits per heavy atom. The number of nitrogens with zero attached hydrogens (tertiary/aromatic N) is 2. The molecule has 0 amide bonds. The zero-order valence-corrected chi connectivity index (χ0v) is 12.1. The number of carbonyl (C=O) groups is 1. The fraction of sp³-hybridized carbons (Fsp3) is 0.615. The molecule has 19 heavy (non-hydrogen) atoms. The molecule has 5 nitrogen and oxygen atoms in total. The van der Waals surface area contributed by atoms with Gasteiger partial charge in [-0.1, -0.05) is 13.3 Å². The van der Waals surface area contributed by atoms with Gasteiger partial charge < -0.3 is 10.1 Å². The van der Waals surface area contributed by atoms with Gasteiger partial charge in [0, 0.05) is 11.3 Å². The number of ether oxygens (including phenoxy) is 1. The Morgan fingerprint density at radius 1 is 1.47 bits per heavy atom. The lowest BCUT2D eigenvalue weighted by molar-refractivity contribution is 0.0593.